The Morgan fingerprint density at radius 1 is 0.513 bits per heavy atom. The Kier molecular flexibility index (Phi) is 31.4. The third-order valence-electron chi connectivity index (χ3n) is 8.37. The molecule has 0 fully saturated rings. The Labute approximate surface area is 244 Å². The van der Waals surface area contributed by atoms with Crippen LogP contribution in [0.15, 0.2) is 0 Å². The van der Waals surface area contributed by atoms with Crippen molar-refractivity contribution in [2.45, 2.75) is 212 Å². The van der Waals surface area contributed by atoms with E-state index in [4.69, 9.17) is 0 Å². The van der Waals surface area contributed by atoms with Crippen molar-refractivity contribution in [3.05, 3.63) is 0 Å². The monoisotopic (exact) mass is 554 g/mol. The van der Waals surface area contributed by atoms with Crippen molar-refractivity contribution >= 4 is 5.91 Å². The zero-order valence-electron chi connectivity index (χ0n) is 26.7. The fourth-order valence-electron chi connectivity index (χ4n) is 5.59. The third kappa shape index (κ3) is 28.7. The molecule has 0 saturated carbocycles. The second-order valence-electron chi connectivity index (χ2n) is 12.3. The first kappa shape index (κ1) is 38.4. The number of aliphatic hydroxyl groups excluding tert-OH is 2. The van der Waals surface area contributed by atoms with Crippen LogP contribution < -0.4 is 5.32 Å². The van der Waals surface area contributed by atoms with E-state index in [1.54, 1.807) is 0 Å². The predicted octanol–water partition coefficient (Wildman–Crippen LogP) is 10.2. The van der Waals surface area contributed by atoms with E-state index < -0.39 is 12.1 Å². The van der Waals surface area contributed by atoms with Gasteiger partial charge >= 0.3 is 0 Å². The number of amides is 1. The SMILES string of the molecule is CCCCCCCCCCCCCCCCCCCC(=O)N[C@@H](CO)[C@H](O)CCCCCCCCCCCC. The Hall–Kier alpha value is -0.610. The van der Waals surface area contributed by atoms with Crippen molar-refractivity contribution in [3.8, 4) is 0 Å². The lowest BCUT2D eigenvalue weighted by atomic mass is 10.0. The fraction of sp³-hybridized carbons (Fsp3) is 0.971. The molecule has 0 heterocycles. The number of hydrogen-bond acceptors (Lipinski definition) is 3. The molecule has 0 aromatic carbocycles. The Bertz CT molecular complexity index is 485. The van der Waals surface area contributed by atoms with E-state index in [1.165, 1.54) is 148 Å². The molecule has 0 spiro atoms. The molecular weight excluding hydrogens is 482 g/mol. The van der Waals surface area contributed by atoms with Crippen molar-refractivity contribution in [2.24, 2.45) is 0 Å². The van der Waals surface area contributed by atoms with Crippen molar-refractivity contribution in [2.75, 3.05) is 6.61 Å². The zero-order chi connectivity index (χ0) is 28.7. The summed E-state index contributed by atoms with van der Waals surface area (Å²) in [6.07, 6.45) is 35.8. The molecule has 0 aliphatic rings. The van der Waals surface area contributed by atoms with Crippen LogP contribution in [0.4, 0.5) is 0 Å². The van der Waals surface area contributed by atoms with Gasteiger partial charge in [-0.25, -0.2) is 0 Å². The fourth-order valence-corrected chi connectivity index (χ4v) is 5.59. The van der Waals surface area contributed by atoms with Gasteiger partial charge in [-0.1, -0.05) is 181 Å². The summed E-state index contributed by atoms with van der Waals surface area (Å²) in [5.41, 5.74) is 0. The number of hydrogen-bond donors (Lipinski definition) is 3. The lowest BCUT2D eigenvalue weighted by molar-refractivity contribution is -0.123. The Morgan fingerprint density at radius 2 is 0.821 bits per heavy atom. The normalized spacial score (nSPS) is 13.0. The smallest absolute Gasteiger partial charge is 0.220 e. The van der Waals surface area contributed by atoms with Crippen LogP contribution in [0, 0.1) is 0 Å². The molecule has 0 saturated heterocycles. The molecule has 0 aromatic heterocycles. The second kappa shape index (κ2) is 31.9. The van der Waals surface area contributed by atoms with Gasteiger partial charge in [-0.05, 0) is 12.8 Å². The lowest BCUT2D eigenvalue weighted by Crippen LogP contribution is -2.45. The minimum Gasteiger partial charge on any atom is -0.394 e. The molecule has 1 amide bonds. The maximum absolute atomic E-state index is 12.3. The largest absolute Gasteiger partial charge is 0.394 e. The van der Waals surface area contributed by atoms with Crippen molar-refractivity contribution < 1.29 is 15.0 Å². The summed E-state index contributed by atoms with van der Waals surface area (Å²) in [4.78, 5) is 12.3. The van der Waals surface area contributed by atoms with Crippen LogP contribution >= 0.6 is 0 Å². The van der Waals surface area contributed by atoms with E-state index in [1.807, 2.05) is 0 Å². The van der Waals surface area contributed by atoms with Crippen molar-refractivity contribution in [1.82, 2.24) is 5.32 Å². The van der Waals surface area contributed by atoms with E-state index in [0.29, 0.717) is 12.8 Å². The van der Waals surface area contributed by atoms with Gasteiger partial charge in [0.2, 0.25) is 5.91 Å². The predicted molar refractivity (Wildman–Crippen MR) is 170 cm³/mol. The van der Waals surface area contributed by atoms with Gasteiger partial charge in [0.15, 0.2) is 0 Å². The topological polar surface area (TPSA) is 69.6 Å². The lowest BCUT2D eigenvalue weighted by Gasteiger charge is -2.22. The average Bonchev–Trinajstić information content (AvgIpc) is 2.94. The molecule has 0 aliphatic carbocycles. The van der Waals surface area contributed by atoms with E-state index in [0.717, 1.165) is 25.7 Å². The summed E-state index contributed by atoms with van der Waals surface area (Å²) >= 11 is 0. The Balaban J connectivity index is 3.50. The maximum atomic E-state index is 12.3. The molecule has 0 unspecified atom stereocenters. The molecule has 4 heteroatoms. The summed E-state index contributed by atoms with van der Waals surface area (Å²) in [5, 5.41) is 22.9. The summed E-state index contributed by atoms with van der Waals surface area (Å²) in [6.45, 7) is 4.34. The molecule has 3 N–H and O–H groups in total. The number of unbranched alkanes of at least 4 members (excludes halogenated alkanes) is 25. The van der Waals surface area contributed by atoms with Crippen molar-refractivity contribution in [1.29, 1.82) is 0 Å². The van der Waals surface area contributed by atoms with Crippen LogP contribution in [-0.2, 0) is 4.79 Å². The highest BCUT2D eigenvalue weighted by Gasteiger charge is 2.19. The van der Waals surface area contributed by atoms with Crippen LogP contribution in [0.3, 0.4) is 0 Å². The first-order chi connectivity index (χ1) is 19.2. The summed E-state index contributed by atoms with van der Waals surface area (Å²) < 4.78 is 0. The van der Waals surface area contributed by atoms with Gasteiger partial charge in [0, 0.05) is 6.42 Å². The minimum absolute atomic E-state index is 0.0304. The number of rotatable bonds is 32. The molecule has 0 bridgehead atoms. The number of nitrogens with one attached hydrogen (secondary N) is 1. The van der Waals surface area contributed by atoms with Crippen LogP contribution in [0.2, 0.25) is 0 Å². The van der Waals surface area contributed by atoms with Gasteiger partial charge in [0.25, 0.3) is 0 Å². The maximum Gasteiger partial charge on any atom is 0.220 e. The molecule has 2 atom stereocenters. The summed E-state index contributed by atoms with van der Waals surface area (Å²) in [6, 6.07) is -0.526. The minimum atomic E-state index is -0.649. The summed E-state index contributed by atoms with van der Waals surface area (Å²) in [7, 11) is 0. The van der Waals surface area contributed by atoms with Gasteiger partial charge in [-0.15, -0.1) is 0 Å². The molecule has 0 aromatic rings. The van der Waals surface area contributed by atoms with Crippen LogP contribution in [0.1, 0.15) is 200 Å². The highest BCUT2D eigenvalue weighted by molar-refractivity contribution is 5.76. The van der Waals surface area contributed by atoms with E-state index in [9.17, 15) is 15.0 Å². The molecule has 39 heavy (non-hydrogen) atoms. The first-order valence-electron chi connectivity index (χ1n) is 17.7. The second-order valence-corrected chi connectivity index (χ2v) is 12.3. The molecule has 4 nitrogen and oxygen atoms in total. The number of carbonyl (C=O) groups excluding carboxylic acids is 1. The van der Waals surface area contributed by atoms with Crippen LogP contribution in [0.25, 0.3) is 0 Å². The number of aliphatic hydroxyl groups is 2. The summed E-state index contributed by atoms with van der Waals surface area (Å²) in [5.74, 6) is -0.0304. The van der Waals surface area contributed by atoms with E-state index in [2.05, 4.69) is 19.2 Å². The molecule has 0 aliphatic heterocycles. The molecule has 234 valence electrons. The molecule has 0 radical (unpaired) electrons. The van der Waals surface area contributed by atoms with Crippen molar-refractivity contribution in [3.63, 3.8) is 0 Å². The first-order valence-corrected chi connectivity index (χ1v) is 17.7. The van der Waals surface area contributed by atoms with E-state index >= 15 is 0 Å². The van der Waals surface area contributed by atoms with Gasteiger partial charge < -0.3 is 15.5 Å². The van der Waals surface area contributed by atoms with Gasteiger partial charge in [-0.3, -0.25) is 4.79 Å². The van der Waals surface area contributed by atoms with E-state index in [-0.39, 0.29) is 12.5 Å². The highest BCUT2D eigenvalue weighted by atomic mass is 16.3. The zero-order valence-corrected chi connectivity index (χ0v) is 26.7. The van der Waals surface area contributed by atoms with Crippen LogP contribution in [-0.4, -0.2) is 34.9 Å². The highest BCUT2D eigenvalue weighted by Crippen LogP contribution is 2.15. The Morgan fingerprint density at radius 3 is 1.15 bits per heavy atom. The standard InChI is InChI=1S/C35H71NO3/c1-3-5-7-9-11-13-15-16-17-18-19-20-21-23-25-27-29-31-35(39)36-33(32-37)34(38)30-28-26-24-22-14-12-10-8-6-4-2/h33-34,37-38H,3-32H2,1-2H3,(H,36,39)/t33-,34+/m0/s1. The van der Waals surface area contributed by atoms with Gasteiger partial charge in [-0.2, -0.15) is 0 Å². The quantitative estimate of drug-likeness (QED) is 0.0726. The van der Waals surface area contributed by atoms with Gasteiger partial charge in [0.1, 0.15) is 0 Å². The third-order valence-corrected chi connectivity index (χ3v) is 8.37. The molecular formula is C35H71NO3. The number of carbonyl (C=O) groups is 1. The molecule has 0 rings (SSSR count). The van der Waals surface area contributed by atoms with Gasteiger partial charge in [0.05, 0.1) is 18.8 Å². The average molecular weight is 554 g/mol. The van der Waals surface area contributed by atoms with Crippen LogP contribution in [0.5, 0.6) is 0 Å².